The SMILES string of the molecule is CCS(=O)(=O)CCn1ncc(C(=O)O)c1OCC(C)C. The fraction of sp³-hybridized carbons (Fsp3) is 0.667. The first kappa shape index (κ1) is 16.5. The third-order valence-electron chi connectivity index (χ3n) is 2.63. The minimum atomic E-state index is -3.14. The molecule has 1 N–H and O–H groups in total. The Hall–Kier alpha value is -1.57. The number of aryl methyl sites for hydroxylation is 1. The van der Waals surface area contributed by atoms with Crippen molar-refractivity contribution in [2.24, 2.45) is 5.92 Å². The van der Waals surface area contributed by atoms with Gasteiger partial charge in [0, 0.05) is 5.75 Å². The minimum Gasteiger partial charge on any atom is -0.477 e. The van der Waals surface area contributed by atoms with Crippen LogP contribution in [0.3, 0.4) is 0 Å². The molecule has 8 heteroatoms. The van der Waals surface area contributed by atoms with E-state index >= 15 is 0 Å². The molecule has 1 aromatic heterocycles. The molecule has 0 unspecified atom stereocenters. The Bertz CT molecular complexity index is 562. The molecule has 0 bridgehead atoms. The van der Waals surface area contributed by atoms with Gasteiger partial charge in [0.2, 0.25) is 5.88 Å². The number of sulfone groups is 1. The van der Waals surface area contributed by atoms with Gasteiger partial charge in [-0.25, -0.2) is 17.9 Å². The third-order valence-corrected chi connectivity index (χ3v) is 4.31. The molecule has 1 rings (SSSR count). The molecule has 1 heterocycles. The summed E-state index contributed by atoms with van der Waals surface area (Å²) in [5.74, 6) is -0.866. The zero-order valence-electron chi connectivity index (χ0n) is 11.9. The molecule has 0 saturated heterocycles. The van der Waals surface area contributed by atoms with E-state index in [1.165, 1.54) is 10.9 Å². The van der Waals surface area contributed by atoms with Crippen molar-refractivity contribution in [1.82, 2.24) is 9.78 Å². The minimum absolute atomic E-state index is 0.0439. The number of aromatic carboxylic acids is 1. The topological polar surface area (TPSA) is 98.5 Å². The molecule has 0 fully saturated rings. The van der Waals surface area contributed by atoms with Crippen molar-refractivity contribution in [3.63, 3.8) is 0 Å². The molecule has 0 aliphatic rings. The van der Waals surface area contributed by atoms with Gasteiger partial charge in [-0.1, -0.05) is 20.8 Å². The van der Waals surface area contributed by atoms with Gasteiger partial charge >= 0.3 is 5.97 Å². The molecule has 0 amide bonds. The summed E-state index contributed by atoms with van der Waals surface area (Å²) in [5, 5.41) is 13.0. The first-order valence-electron chi connectivity index (χ1n) is 6.39. The number of rotatable bonds is 8. The summed E-state index contributed by atoms with van der Waals surface area (Å²) in [6.07, 6.45) is 1.18. The lowest BCUT2D eigenvalue weighted by Crippen LogP contribution is -2.17. The van der Waals surface area contributed by atoms with E-state index in [1.807, 2.05) is 13.8 Å². The Kier molecular flexibility index (Phi) is 5.55. The lowest BCUT2D eigenvalue weighted by molar-refractivity contribution is 0.0690. The fourth-order valence-electron chi connectivity index (χ4n) is 1.45. The maximum absolute atomic E-state index is 11.5. The van der Waals surface area contributed by atoms with E-state index in [-0.39, 0.29) is 35.4 Å². The van der Waals surface area contributed by atoms with Gasteiger partial charge in [0.05, 0.1) is 25.1 Å². The number of hydrogen-bond acceptors (Lipinski definition) is 5. The summed E-state index contributed by atoms with van der Waals surface area (Å²) < 4.78 is 29.7. The second-order valence-electron chi connectivity index (χ2n) is 4.83. The van der Waals surface area contributed by atoms with Crippen molar-refractivity contribution in [1.29, 1.82) is 0 Å². The molecule has 0 atom stereocenters. The Balaban J connectivity index is 2.92. The third kappa shape index (κ3) is 4.52. The van der Waals surface area contributed by atoms with Crippen LogP contribution < -0.4 is 4.74 Å². The van der Waals surface area contributed by atoms with Crippen LogP contribution >= 0.6 is 0 Å². The lowest BCUT2D eigenvalue weighted by Gasteiger charge is -2.12. The summed E-state index contributed by atoms with van der Waals surface area (Å²) in [7, 11) is -3.14. The van der Waals surface area contributed by atoms with Crippen LogP contribution in [0, 0.1) is 5.92 Å². The highest BCUT2D eigenvalue weighted by Crippen LogP contribution is 2.19. The van der Waals surface area contributed by atoms with E-state index in [9.17, 15) is 13.2 Å². The average Bonchev–Trinajstić information content (AvgIpc) is 2.77. The number of nitrogens with zero attached hydrogens (tertiary/aromatic N) is 2. The second-order valence-corrected chi connectivity index (χ2v) is 7.31. The van der Waals surface area contributed by atoms with Crippen LogP contribution in [0.1, 0.15) is 31.1 Å². The molecule has 1 aromatic rings. The van der Waals surface area contributed by atoms with Gasteiger partial charge in [0.25, 0.3) is 0 Å². The predicted molar refractivity (Wildman–Crippen MR) is 73.8 cm³/mol. The molecule has 0 saturated carbocycles. The van der Waals surface area contributed by atoms with Crippen molar-refractivity contribution in [3.05, 3.63) is 11.8 Å². The molecular weight excluding hydrogens is 284 g/mol. The van der Waals surface area contributed by atoms with Crippen molar-refractivity contribution in [2.75, 3.05) is 18.1 Å². The largest absolute Gasteiger partial charge is 0.477 e. The van der Waals surface area contributed by atoms with Gasteiger partial charge in [0.15, 0.2) is 9.84 Å². The highest BCUT2D eigenvalue weighted by Gasteiger charge is 2.20. The van der Waals surface area contributed by atoms with Crippen molar-refractivity contribution >= 4 is 15.8 Å². The Labute approximate surface area is 118 Å². The van der Waals surface area contributed by atoms with Crippen LogP contribution in [0.4, 0.5) is 0 Å². The molecular formula is C12H20N2O5S. The Morgan fingerprint density at radius 3 is 2.65 bits per heavy atom. The summed E-state index contributed by atoms with van der Waals surface area (Å²) in [6, 6.07) is 0. The molecule has 114 valence electrons. The van der Waals surface area contributed by atoms with Crippen molar-refractivity contribution < 1.29 is 23.1 Å². The predicted octanol–water partition coefficient (Wildman–Crippen LogP) is 1.05. The van der Waals surface area contributed by atoms with E-state index in [0.29, 0.717) is 6.61 Å². The monoisotopic (exact) mass is 304 g/mol. The molecule has 0 aromatic carbocycles. The van der Waals surface area contributed by atoms with E-state index in [4.69, 9.17) is 9.84 Å². The Morgan fingerprint density at radius 2 is 2.15 bits per heavy atom. The Morgan fingerprint density at radius 1 is 1.50 bits per heavy atom. The normalized spacial score (nSPS) is 11.8. The van der Waals surface area contributed by atoms with Gasteiger partial charge in [-0.05, 0) is 5.92 Å². The fourth-order valence-corrected chi connectivity index (χ4v) is 2.19. The number of hydrogen-bond donors (Lipinski definition) is 1. The molecule has 0 spiro atoms. The highest BCUT2D eigenvalue weighted by atomic mass is 32.2. The number of carbonyl (C=O) groups is 1. The van der Waals surface area contributed by atoms with Gasteiger partial charge < -0.3 is 9.84 Å². The number of aromatic nitrogens is 2. The quantitative estimate of drug-likeness (QED) is 0.771. The van der Waals surface area contributed by atoms with Crippen LogP contribution in [-0.4, -0.2) is 47.4 Å². The van der Waals surface area contributed by atoms with Crippen LogP contribution in [-0.2, 0) is 16.4 Å². The molecule has 0 radical (unpaired) electrons. The highest BCUT2D eigenvalue weighted by molar-refractivity contribution is 7.91. The number of carboxylic acids is 1. The maximum Gasteiger partial charge on any atom is 0.342 e. The van der Waals surface area contributed by atoms with E-state index < -0.39 is 15.8 Å². The summed E-state index contributed by atoms with van der Waals surface area (Å²) in [5.41, 5.74) is -0.0560. The van der Waals surface area contributed by atoms with Crippen LogP contribution in [0.25, 0.3) is 0 Å². The first-order valence-corrected chi connectivity index (χ1v) is 8.21. The number of ether oxygens (including phenoxy) is 1. The van der Waals surface area contributed by atoms with Crippen LogP contribution in [0.15, 0.2) is 6.20 Å². The summed E-state index contributed by atoms with van der Waals surface area (Å²) in [6.45, 7) is 5.85. The summed E-state index contributed by atoms with van der Waals surface area (Å²) >= 11 is 0. The van der Waals surface area contributed by atoms with E-state index in [0.717, 1.165) is 0 Å². The zero-order valence-corrected chi connectivity index (χ0v) is 12.7. The van der Waals surface area contributed by atoms with E-state index in [2.05, 4.69) is 5.10 Å². The standard InChI is InChI=1S/C12H20N2O5S/c1-4-20(17,18)6-5-14-11(19-8-9(2)3)10(7-13-14)12(15)16/h7,9H,4-6,8H2,1-3H3,(H,15,16). The average molecular weight is 304 g/mol. The van der Waals surface area contributed by atoms with Crippen LogP contribution in [0.2, 0.25) is 0 Å². The smallest absolute Gasteiger partial charge is 0.342 e. The van der Waals surface area contributed by atoms with E-state index in [1.54, 1.807) is 6.92 Å². The zero-order chi connectivity index (χ0) is 15.3. The lowest BCUT2D eigenvalue weighted by atomic mass is 10.2. The number of carboxylic acid groups (broad SMARTS) is 1. The van der Waals surface area contributed by atoms with Gasteiger partial charge in [-0.15, -0.1) is 0 Å². The van der Waals surface area contributed by atoms with Crippen LogP contribution in [0.5, 0.6) is 5.88 Å². The van der Waals surface area contributed by atoms with Gasteiger partial charge in [0.1, 0.15) is 5.56 Å². The molecule has 0 aliphatic heterocycles. The summed E-state index contributed by atoms with van der Waals surface area (Å²) in [4.78, 5) is 11.1. The van der Waals surface area contributed by atoms with Crippen molar-refractivity contribution in [3.8, 4) is 5.88 Å². The maximum atomic E-state index is 11.5. The molecule has 0 aliphatic carbocycles. The molecule has 20 heavy (non-hydrogen) atoms. The second kappa shape index (κ2) is 6.74. The molecule has 7 nitrogen and oxygen atoms in total. The van der Waals surface area contributed by atoms with Crippen molar-refractivity contribution in [2.45, 2.75) is 27.3 Å². The first-order chi connectivity index (χ1) is 9.26. The van der Waals surface area contributed by atoms with Gasteiger partial charge in [-0.2, -0.15) is 5.10 Å². The van der Waals surface area contributed by atoms with Gasteiger partial charge in [-0.3, -0.25) is 0 Å².